The second kappa shape index (κ2) is 6.19. The number of anilines is 2. The molecule has 0 spiro atoms. The van der Waals surface area contributed by atoms with E-state index in [0.717, 1.165) is 37.0 Å². The van der Waals surface area contributed by atoms with Crippen LogP contribution < -0.4 is 10.2 Å². The van der Waals surface area contributed by atoms with E-state index in [0.29, 0.717) is 5.92 Å². The lowest BCUT2D eigenvalue weighted by Crippen LogP contribution is -2.23. The summed E-state index contributed by atoms with van der Waals surface area (Å²) in [6.45, 7) is 5.53. The maximum absolute atomic E-state index is 9.37. The van der Waals surface area contributed by atoms with Crippen LogP contribution in [0, 0.1) is 0 Å². The fraction of sp³-hybridized carbons (Fsp3) is 0.714. The molecule has 1 aliphatic rings. The third kappa shape index (κ3) is 4.06. The van der Waals surface area contributed by atoms with Crippen LogP contribution in [0.3, 0.4) is 0 Å². The lowest BCUT2D eigenvalue weighted by molar-refractivity contribution is 0.187. The van der Waals surface area contributed by atoms with Crippen molar-refractivity contribution in [3.8, 4) is 0 Å². The molecule has 1 aliphatic carbocycles. The zero-order valence-electron chi connectivity index (χ0n) is 12.1. The van der Waals surface area contributed by atoms with Gasteiger partial charge >= 0.3 is 0 Å². The maximum atomic E-state index is 9.37. The van der Waals surface area contributed by atoms with Crippen LogP contribution in [0.5, 0.6) is 0 Å². The molecule has 1 unspecified atom stereocenters. The summed E-state index contributed by atoms with van der Waals surface area (Å²) in [6.07, 6.45) is 2.87. The van der Waals surface area contributed by atoms with Crippen molar-refractivity contribution in [2.45, 2.75) is 45.1 Å². The van der Waals surface area contributed by atoms with Gasteiger partial charge in [0.1, 0.15) is 17.5 Å². The third-order valence-electron chi connectivity index (χ3n) is 3.30. The van der Waals surface area contributed by atoms with Gasteiger partial charge in [0.15, 0.2) is 0 Å². The second-order valence-corrected chi connectivity index (χ2v) is 5.33. The third-order valence-corrected chi connectivity index (χ3v) is 3.30. The number of aromatic nitrogens is 2. The minimum Gasteiger partial charge on any atom is -0.393 e. The van der Waals surface area contributed by atoms with Gasteiger partial charge in [-0.15, -0.1) is 0 Å². The largest absolute Gasteiger partial charge is 0.393 e. The SMILES string of the molecule is CCNc1cc(N(C)CCC(C)O)nc(C2CC2)n1. The highest BCUT2D eigenvalue weighted by Gasteiger charge is 2.27. The molecule has 5 nitrogen and oxygen atoms in total. The first-order valence-electron chi connectivity index (χ1n) is 7.12. The van der Waals surface area contributed by atoms with E-state index in [-0.39, 0.29) is 6.10 Å². The monoisotopic (exact) mass is 264 g/mol. The first-order valence-corrected chi connectivity index (χ1v) is 7.12. The van der Waals surface area contributed by atoms with Crippen LogP contribution in [0.25, 0.3) is 0 Å². The van der Waals surface area contributed by atoms with Gasteiger partial charge in [-0.1, -0.05) is 0 Å². The molecule has 0 amide bonds. The highest BCUT2D eigenvalue weighted by Crippen LogP contribution is 2.39. The molecule has 1 atom stereocenters. The van der Waals surface area contributed by atoms with Crippen molar-refractivity contribution in [1.82, 2.24) is 9.97 Å². The summed E-state index contributed by atoms with van der Waals surface area (Å²) in [4.78, 5) is 11.3. The Balaban J connectivity index is 2.12. The molecule has 19 heavy (non-hydrogen) atoms. The number of rotatable bonds is 7. The lowest BCUT2D eigenvalue weighted by atomic mass is 10.2. The van der Waals surface area contributed by atoms with Crippen LogP contribution in [0.1, 0.15) is 44.9 Å². The highest BCUT2D eigenvalue weighted by atomic mass is 16.3. The van der Waals surface area contributed by atoms with Crippen LogP contribution in [-0.4, -0.2) is 41.3 Å². The summed E-state index contributed by atoms with van der Waals surface area (Å²) < 4.78 is 0. The smallest absolute Gasteiger partial charge is 0.136 e. The van der Waals surface area contributed by atoms with Gasteiger partial charge in [-0.05, 0) is 33.1 Å². The molecule has 0 radical (unpaired) electrons. The molecule has 0 bridgehead atoms. The predicted octanol–water partition coefficient (Wildman–Crippen LogP) is 1.99. The molecule has 0 aliphatic heterocycles. The number of hydrogen-bond acceptors (Lipinski definition) is 5. The van der Waals surface area contributed by atoms with Gasteiger partial charge in [-0.3, -0.25) is 0 Å². The summed E-state index contributed by atoms with van der Waals surface area (Å²) in [7, 11) is 2.01. The van der Waals surface area contributed by atoms with Gasteiger partial charge in [-0.25, -0.2) is 9.97 Å². The minimum absolute atomic E-state index is 0.277. The summed E-state index contributed by atoms with van der Waals surface area (Å²) in [5.74, 6) is 3.34. The van der Waals surface area contributed by atoms with E-state index in [1.807, 2.05) is 20.0 Å². The normalized spacial score (nSPS) is 16.2. The average Bonchev–Trinajstić information content (AvgIpc) is 3.20. The molecule has 5 heteroatoms. The molecule has 2 rings (SSSR count). The minimum atomic E-state index is -0.277. The Hall–Kier alpha value is -1.36. The van der Waals surface area contributed by atoms with E-state index in [9.17, 15) is 5.11 Å². The Bertz CT molecular complexity index is 418. The van der Waals surface area contributed by atoms with Crippen LogP contribution >= 0.6 is 0 Å². The number of hydrogen-bond donors (Lipinski definition) is 2. The van der Waals surface area contributed by atoms with Crippen LogP contribution in [0.2, 0.25) is 0 Å². The Morgan fingerprint density at radius 1 is 1.47 bits per heavy atom. The summed E-state index contributed by atoms with van der Waals surface area (Å²) in [5, 5.41) is 12.6. The van der Waals surface area contributed by atoms with E-state index in [2.05, 4.69) is 27.1 Å². The van der Waals surface area contributed by atoms with Crippen molar-refractivity contribution >= 4 is 11.6 Å². The summed E-state index contributed by atoms with van der Waals surface area (Å²) in [6, 6.07) is 1.98. The van der Waals surface area contributed by atoms with Crippen molar-refractivity contribution in [3.63, 3.8) is 0 Å². The molecule has 1 fully saturated rings. The Kier molecular flexibility index (Phi) is 4.58. The average molecular weight is 264 g/mol. The quantitative estimate of drug-likeness (QED) is 0.788. The van der Waals surface area contributed by atoms with Crippen molar-refractivity contribution in [1.29, 1.82) is 0 Å². The second-order valence-electron chi connectivity index (χ2n) is 5.33. The van der Waals surface area contributed by atoms with Crippen LogP contribution in [0.15, 0.2) is 6.07 Å². The molecule has 0 aromatic carbocycles. The number of aliphatic hydroxyl groups is 1. The van der Waals surface area contributed by atoms with E-state index in [1.165, 1.54) is 12.8 Å². The van der Waals surface area contributed by atoms with Gasteiger partial charge in [0.2, 0.25) is 0 Å². The van der Waals surface area contributed by atoms with Gasteiger partial charge in [-0.2, -0.15) is 0 Å². The molecular weight excluding hydrogens is 240 g/mol. The zero-order chi connectivity index (χ0) is 13.8. The molecule has 0 saturated heterocycles. The molecular formula is C14H24N4O. The molecule has 1 heterocycles. The maximum Gasteiger partial charge on any atom is 0.136 e. The number of nitrogens with zero attached hydrogens (tertiary/aromatic N) is 3. The molecule has 1 aromatic heterocycles. The number of aliphatic hydroxyl groups excluding tert-OH is 1. The Morgan fingerprint density at radius 3 is 2.79 bits per heavy atom. The Morgan fingerprint density at radius 2 is 2.21 bits per heavy atom. The van der Waals surface area contributed by atoms with Crippen molar-refractivity contribution < 1.29 is 5.11 Å². The van der Waals surface area contributed by atoms with Crippen molar-refractivity contribution in [3.05, 3.63) is 11.9 Å². The van der Waals surface area contributed by atoms with Gasteiger partial charge in [0, 0.05) is 32.1 Å². The van der Waals surface area contributed by atoms with Crippen molar-refractivity contribution in [2.75, 3.05) is 30.4 Å². The van der Waals surface area contributed by atoms with E-state index < -0.39 is 0 Å². The summed E-state index contributed by atoms with van der Waals surface area (Å²) in [5.41, 5.74) is 0. The van der Waals surface area contributed by atoms with E-state index in [1.54, 1.807) is 0 Å². The first-order chi connectivity index (χ1) is 9.10. The van der Waals surface area contributed by atoms with Crippen molar-refractivity contribution in [2.24, 2.45) is 0 Å². The lowest BCUT2D eigenvalue weighted by Gasteiger charge is -2.20. The van der Waals surface area contributed by atoms with E-state index in [4.69, 9.17) is 0 Å². The highest BCUT2D eigenvalue weighted by molar-refractivity contribution is 5.49. The van der Waals surface area contributed by atoms with Crippen LogP contribution in [0.4, 0.5) is 11.6 Å². The number of nitrogens with one attached hydrogen (secondary N) is 1. The van der Waals surface area contributed by atoms with Gasteiger partial charge < -0.3 is 15.3 Å². The zero-order valence-corrected chi connectivity index (χ0v) is 12.1. The molecule has 2 N–H and O–H groups in total. The fourth-order valence-electron chi connectivity index (χ4n) is 1.94. The van der Waals surface area contributed by atoms with Gasteiger partial charge in [0.25, 0.3) is 0 Å². The summed E-state index contributed by atoms with van der Waals surface area (Å²) >= 11 is 0. The first kappa shape index (κ1) is 14.1. The van der Waals surface area contributed by atoms with Gasteiger partial charge in [0.05, 0.1) is 6.10 Å². The fourth-order valence-corrected chi connectivity index (χ4v) is 1.94. The Labute approximate surface area is 115 Å². The van der Waals surface area contributed by atoms with E-state index >= 15 is 0 Å². The van der Waals surface area contributed by atoms with Crippen LogP contribution in [-0.2, 0) is 0 Å². The molecule has 1 saturated carbocycles. The molecule has 1 aromatic rings. The topological polar surface area (TPSA) is 61.3 Å². The predicted molar refractivity (Wildman–Crippen MR) is 77.7 cm³/mol. The standard InChI is InChI=1S/C14H24N4O/c1-4-15-12-9-13(18(3)8-7-10(2)19)17-14(16-12)11-5-6-11/h9-11,19H,4-8H2,1-3H3,(H,15,16,17). The molecule has 106 valence electrons.